The molecule has 0 saturated heterocycles. The molecule has 0 aliphatic carbocycles. The fourth-order valence-corrected chi connectivity index (χ4v) is 3.30. The summed E-state index contributed by atoms with van der Waals surface area (Å²) in [5, 5.41) is 4.64. The van der Waals surface area contributed by atoms with Crippen LogP contribution in [0.2, 0.25) is 0 Å². The summed E-state index contributed by atoms with van der Waals surface area (Å²) in [6.45, 7) is 1.79. The van der Waals surface area contributed by atoms with E-state index in [1.54, 1.807) is 6.92 Å². The van der Waals surface area contributed by atoms with Crippen LogP contribution in [-0.2, 0) is 0 Å². The van der Waals surface area contributed by atoms with Crippen molar-refractivity contribution in [1.29, 1.82) is 0 Å². The lowest BCUT2D eigenvalue weighted by atomic mass is 10.2. The predicted molar refractivity (Wildman–Crippen MR) is 70.4 cm³/mol. The fourth-order valence-electron chi connectivity index (χ4n) is 1.57. The highest BCUT2D eigenvalue weighted by molar-refractivity contribution is 9.10. The van der Waals surface area contributed by atoms with Crippen LogP contribution in [0.25, 0.3) is 0 Å². The van der Waals surface area contributed by atoms with Crippen LogP contribution in [0.15, 0.2) is 28.1 Å². The average Bonchev–Trinajstić information content (AvgIpc) is 2.71. The fraction of sp³-hybridized carbons (Fsp3) is 0.167. The molecule has 18 heavy (non-hydrogen) atoms. The third-order valence-corrected chi connectivity index (χ3v) is 4.46. The molecule has 0 amide bonds. The second kappa shape index (κ2) is 5.32. The van der Waals surface area contributed by atoms with E-state index in [0.717, 1.165) is 15.4 Å². The number of rotatable bonds is 3. The Morgan fingerprint density at radius 1 is 1.28 bits per heavy atom. The van der Waals surface area contributed by atoms with E-state index in [9.17, 15) is 13.2 Å². The van der Waals surface area contributed by atoms with Gasteiger partial charge in [-0.25, -0.2) is 13.2 Å². The Balaban J connectivity index is 2.27. The molecule has 1 aromatic carbocycles. The molecule has 0 aliphatic rings. The van der Waals surface area contributed by atoms with Gasteiger partial charge in [-0.3, -0.25) is 0 Å². The first-order chi connectivity index (χ1) is 8.49. The number of thiophene rings is 1. The molecule has 1 nitrogen and oxygen atoms in total. The molecular formula is C12H9BrF3NS. The van der Waals surface area contributed by atoms with E-state index in [1.807, 2.05) is 11.4 Å². The number of halogens is 4. The smallest absolute Gasteiger partial charge is 0.182 e. The zero-order valence-corrected chi connectivity index (χ0v) is 11.7. The Kier molecular flexibility index (Phi) is 3.97. The molecule has 0 radical (unpaired) electrons. The minimum absolute atomic E-state index is 0.180. The van der Waals surface area contributed by atoms with Gasteiger partial charge in [-0.1, -0.05) is 0 Å². The maximum absolute atomic E-state index is 13.5. The third kappa shape index (κ3) is 2.70. The molecule has 1 unspecified atom stereocenters. The van der Waals surface area contributed by atoms with E-state index >= 15 is 0 Å². The summed E-state index contributed by atoms with van der Waals surface area (Å²) in [7, 11) is 0. The van der Waals surface area contributed by atoms with E-state index in [-0.39, 0.29) is 11.7 Å². The Morgan fingerprint density at radius 2 is 2.00 bits per heavy atom. The van der Waals surface area contributed by atoms with E-state index < -0.39 is 17.5 Å². The molecule has 0 saturated carbocycles. The molecule has 1 aromatic heterocycles. The van der Waals surface area contributed by atoms with Gasteiger partial charge in [0.2, 0.25) is 0 Å². The molecule has 0 fully saturated rings. The van der Waals surface area contributed by atoms with Gasteiger partial charge < -0.3 is 5.32 Å². The lowest BCUT2D eigenvalue weighted by molar-refractivity contribution is 0.496. The van der Waals surface area contributed by atoms with Crippen LogP contribution >= 0.6 is 27.3 Å². The van der Waals surface area contributed by atoms with Gasteiger partial charge in [-0.15, -0.1) is 11.3 Å². The van der Waals surface area contributed by atoms with Crippen molar-refractivity contribution in [2.75, 3.05) is 5.32 Å². The van der Waals surface area contributed by atoms with Gasteiger partial charge in [0, 0.05) is 21.5 Å². The van der Waals surface area contributed by atoms with Crippen molar-refractivity contribution in [2.45, 2.75) is 13.0 Å². The van der Waals surface area contributed by atoms with Gasteiger partial charge in [0.25, 0.3) is 0 Å². The summed E-state index contributed by atoms with van der Waals surface area (Å²) in [4.78, 5) is 0.930. The number of anilines is 1. The van der Waals surface area contributed by atoms with Crippen LogP contribution in [0.5, 0.6) is 0 Å². The normalized spacial score (nSPS) is 12.5. The van der Waals surface area contributed by atoms with Gasteiger partial charge in [0.15, 0.2) is 11.6 Å². The SMILES string of the molecule is CC(Nc1cc(F)cc(F)c1F)c1sccc1Br. The maximum atomic E-state index is 13.5. The lowest BCUT2D eigenvalue weighted by Crippen LogP contribution is -2.08. The zero-order valence-electron chi connectivity index (χ0n) is 9.31. The summed E-state index contributed by atoms with van der Waals surface area (Å²) in [5.74, 6) is -3.08. The Morgan fingerprint density at radius 3 is 2.61 bits per heavy atom. The summed E-state index contributed by atoms with van der Waals surface area (Å²) in [5.41, 5.74) is -0.180. The molecule has 2 rings (SSSR count). The molecule has 0 spiro atoms. The Bertz CT molecular complexity index is 570. The third-order valence-electron chi connectivity index (χ3n) is 2.40. The second-order valence-corrected chi connectivity index (χ2v) is 5.55. The highest BCUT2D eigenvalue weighted by atomic mass is 79.9. The van der Waals surface area contributed by atoms with Crippen LogP contribution in [0.3, 0.4) is 0 Å². The Labute approximate surface area is 115 Å². The number of benzene rings is 1. The summed E-state index contributed by atoms with van der Waals surface area (Å²) < 4.78 is 40.4. The molecule has 2 aromatic rings. The van der Waals surface area contributed by atoms with Gasteiger partial charge >= 0.3 is 0 Å². The van der Waals surface area contributed by atoms with Gasteiger partial charge in [0.1, 0.15) is 5.82 Å². The quantitative estimate of drug-likeness (QED) is 0.769. The largest absolute Gasteiger partial charge is 0.375 e. The van der Waals surface area contributed by atoms with E-state index in [2.05, 4.69) is 21.2 Å². The van der Waals surface area contributed by atoms with Crippen LogP contribution < -0.4 is 5.32 Å². The molecule has 1 atom stereocenters. The maximum Gasteiger partial charge on any atom is 0.182 e. The van der Waals surface area contributed by atoms with Crippen LogP contribution in [0.4, 0.5) is 18.9 Å². The first-order valence-electron chi connectivity index (χ1n) is 5.13. The minimum atomic E-state index is -1.20. The first kappa shape index (κ1) is 13.4. The summed E-state index contributed by atoms with van der Waals surface area (Å²) >= 11 is 4.83. The van der Waals surface area contributed by atoms with E-state index in [1.165, 1.54) is 11.3 Å². The predicted octanol–water partition coefficient (Wildman–Crippen LogP) is 5.10. The van der Waals surface area contributed by atoms with Crippen molar-refractivity contribution in [3.05, 3.63) is 50.4 Å². The first-order valence-corrected chi connectivity index (χ1v) is 6.80. The monoisotopic (exact) mass is 335 g/mol. The molecule has 1 N–H and O–H groups in total. The molecule has 1 heterocycles. The second-order valence-electron chi connectivity index (χ2n) is 3.75. The van der Waals surface area contributed by atoms with Crippen molar-refractivity contribution >= 4 is 33.0 Å². The average molecular weight is 336 g/mol. The highest BCUT2D eigenvalue weighted by Crippen LogP contribution is 2.32. The van der Waals surface area contributed by atoms with Gasteiger partial charge in [-0.2, -0.15) is 0 Å². The standard InChI is InChI=1S/C12H9BrF3NS/c1-6(12-8(13)2-3-18-12)17-10-5-7(14)4-9(15)11(10)16/h2-6,17H,1H3. The Hall–Kier alpha value is -1.01. The zero-order chi connectivity index (χ0) is 13.3. The molecule has 0 bridgehead atoms. The summed E-state index contributed by atoms with van der Waals surface area (Å²) in [6.07, 6.45) is 0. The molecule has 0 aliphatic heterocycles. The van der Waals surface area contributed by atoms with Crippen molar-refractivity contribution in [3.63, 3.8) is 0 Å². The molecule has 6 heteroatoms. The summed E-state index contributed by atoms with van der Waals surface area (Å²) in [6, 6.07) is 3.07. The van der Waals surface area contributed by atoms with Crippen molar-refractivity contribution < 1.29 is 13.2 Å². The molecular weight excluding hydrogens is 327 g/mol. The number of hydrogen-bond acceptors (Lipinski definition) is 2. The molecule has 96 valence electrons. The van der Waals surface area contributed by atoms with E-state index in [4.69, 9.17) is 0 Å². The van der Waals surface area contributed by atoms with Gasteiger partial charge in [0.05, 0.1) is 11.7 Å². The topological polar surface area (TPSA) is 12.0 Å². The lowest BCUT2D eigenvalue weighted by Gasteiger charge is -2.15. The van der Waals surface area contributed by atoms with Crippen LogP contribution in [0, 0.1) is 17.5 Å². The highest BCUT2D eigenvalue weighted by Gasteiger charge is 2.16. The van der Waals surface area contributed by atoms with Crippen LogP contribution in [0.1, 0.15) is 17.8 Å². The van der Waals surface area contributed by atoms with Crippen molar-refractivity contribution in [1.82, 2.24) is 0 Å². The van der Waals surface area contributed by atoms with E-state index in [0.29, 0.717) is 6.07 Å². The number of hydrogen-bond donors (Lipinski definition) is 1. The van der Waals surface area contributed by atoms with Gasteiger partial charge in [-0.05, 0) is 34.3 Å². The van der Waals surface area contributed by atoms with Crippen molar-refractivity contribution in [2.24, 2.45) is 0 Å². The minimum Gasteiger partial charge on any atom is -0.375 e. The van der Waals surface area contributed by atoms with Crippen molar-refractivity contribution in [3.8, 4) is 0 Å². The number of nitrogens with one attached hydrogen (secondary N) is 1. The van der Waals surface area contributed by atoms with Crippen LogP contribution in [-0.4, -0.2) is 0 Å².